The Morgan fingerprint density at radius 2 is 2.18 bits per heavy atom. The van der Waals surface area contributed by atoms with Gasteiger partial charge in [0.15, 0.2) is 0 Å². The number of rotatable bonds is 4. The Morgan fingerprint density at radius 3 is 2.76 bits per heavy atom. The van der Waals surface area contributed by atoms with Gasteiger partial charge in [-0.3, -0.25) is 0 Å². The zero-order valence-corrected chi connectivity index (χ0v) is 10.3. The molecule has 3 nitrogen and oxygen atoms in total. The molecule has 1 atom stereocenters. The van der Waals surface area contributed by atoms with Gasteiger partial charge in [-0.05, 0) is 12.5 Å². The third-order valence-electron chi connectivity index (χ3n) is 2.29. The summed E-state index contributed by atoms with van der Waals surface area (Å²) in [6.07, 6.45) is 2.06. The minimum atomic E-state index is 0.0687. The molecule has 1 heterocycles. The summed E-state index contributed by atoms with van der Waals surface area (Å²) in [4.78, 5) is 4.25. The van der Waals surface area contributed by atoms with E-state index in [4.69, 9.17) is 9.68 Å². The maximum absolute atomic E-state index is 8.87. The first-order valence-corrected chi connectivity index (χ1v) is 6.18. The van der Waals surface area contributed by atoms with Crippen LogP contribution in [0.15, 0.2) is 46.2 Å². The number of thioether (sulfide) groups is 1. The molecular formula is C13H12N2OS. The molecular weight excluding hydrogens is 232 g/mol. The first-order valence-electron chi connectivity index (χ1n) is 5.30. The quantitative estimate of drug-likeness (QED) is 0.769. The summed E-state index contributed by atoms with van der Waals surface area (Å²) in [5.74, 6) is 0. The maximum atomic E-state index is 8.87. The van der Waals surface area contributed by atoms with Crippen LogP contribution in [-0.4, -0.2) is 4.98 Å². The van der Waals surface area contributed by atoms with Crippen LogP contribution in [0.3, 0.4) is 0 Å². The number of aryl methyl sites for hydroxylation is 1. The van der Waals surface area contributed by atoms with Gasteiger partial charge in [-0.25, -0.2) is 4.98 Å². The molecule has 0 radical (unpaired) electrons. The molecule has 86 valence electrons. The Hall–Kier alpha value is -1.73. The molecule has 0 aliphatic carbocycles. The highest BCUT2D eigenvalue weighted by molar-refractivity contribution is 7.99. The molecule has 0 saturated carbocycles. The lowest BCUT2D eigenvalue weighted by atomic mass is 10.1. The standard InChI is InChI=1S/C13H12N2OS/c1-10-9-16-13(15-10)17-12(7-8-14)11-5-3-2-4-6-11/h2-6,9,12H,7H2,1H3. The summed E-state index contributed by atoms with van der Waals surface area (Å²) < 4.78 is 5.31. The molecule has 0 amide bonds. The summed E-state index contributed by atoms with van der Waals surface area (Å²) in [7, 11) is 0. The Kier molecular flexibility index (Phi) is 3.84. The topological polar surface area (TPSA) is 49.8 Å². The molecule has 2 rings (SSSR count). The Labute approximate surface area is 104 Å². The monoisotopic (exact) mass is 244 g/mol. The van der Waals surface area contributed by atoms with Crippen molar-refractivity contribution in [2.75, 3.05) is 0 Å². The van der Waals surface area contributed by atoms with Gasteiger partial charge in [-0.2, -0.15) is 5.26 Å². The van der Waals surface area contributed by atoms with E-state index in [0.29, 0.717) is 11.6 Å². The van der Waals surface area contributed by atoms with Gasteiger partial charge in [-0.15, -0.1) is 0 Å². The number of hydrogen-bond acceptors (Lipinski definition) is 4. The smallest absolute Gasteiger partial charge is 0.256 e. The van der Waals surface area contributed by atoms with E-state index in [2.05, 4.69) is 11.1 Å². The lowest BCUT2D eigenvalue weighted by Gasteiger charge is -2.10. The van der Waals surface area contributed by atoms with E-state index < -0.39 is 0 Å². The van der Waals surface area contributed by atoms with Crippen molar-refractivity contribution in [1.29, 1.82) is 5.26 Å². The van der Waals surface area contributed by atoms with E-state index in [1.165, 1.54) is 11.8 Å². The highest BCUT2D eigenvalue weighted by Crippen LogP contribution is 2.36. The molecule has 0 fully saturated rings. The van der Waals surface area contributed by atoms with Crippen molar-refractivity contribution in [2.45, 2.75) is 23.8 Å². The molecule has 0 bridgehead atoms. The van der Waals surface area contributed by atoms with Crippen LogP contribution in [0.5, 0.6) is 0 Å². The molecule has 0 aliphatic rings. The molecule has 1 unspecified atom stereocenters. The van der Waals surface area contributed by atoms with Gasteiger partial charge in [-0.1, -0.05) is 42.1 Å². The van der Waals surface area contributed by atoms with E-state index >= 15 is 0 Å². The summed E-state index contributed by atoms with van der Waals surface area (Å²) in [6.45, 7) is 1.88. The van der Waals surface area contributed by atoms with E-state index in [0.717, 1.165) is 11.3 Å². The third-order valence-corrected chi connectivity index (χ3v) is 3.40. The largest absolute Gasteiger partial charge is 0.440 e. The maximum Gasteiger partial charge on any atom is 0.256 e. The minimum absolute atomic E-state index is 0.0687. The number of oxazole rings is 1. The molecule has 1 aromatic heterocycles. The van der Waals surface area contributed by atoms with Crippen molar-refractivity contribution >= 4 is 11.8 Å². The van der Waals surface area contributed by atoms with Crippen LogP contribution >= 0.6 is 11.8 Å². The number of aromatic nitrogens is 1. The second-order valence-corrected chi connectivity index (χ2v) is 4.79. The SMILES string of the molecule is Cc1coc(SC(CC#N)c2ccccc2)n1. The van der Waals surface area contributed by atoms with Gasteiger partial charge >= 0.3 is 0 Å². The molecule has 0 aliphatic heterocycles. The fourth-order valence-corrected chi connectivity index (χ4v) is 2.48. The van der Waals surface area contributed by atoms with Crippen LogP contribution < -0.4 is 0 Å². The fourth-order valence-electron chi connectivity index (χ4n) is 1.49. The van der Waals surface area contributed by atoms with Gasteiger partial charge in [0.2, 0.25) is 0 Å². The van der Waals surface area contributed by atoms with Gasteiger partial charge in [0, 0.05) is 0 Å². The van der Waals surface area contributed by atoms with Crippen molar-refractivity contribution in [3.05, 3.63) is 47.9 Å². The summed E-state index contributed by atoms with van der Waals surface area (Å²) in [5, 5.41) is 9.55. The lowest BCUT2D eigenvalue weighted by Crippen LogP contribution is -1.92. The number of nitriles is 1. The van der Waals surface area contributed by atoms with Crippen molar-refractivity contribution in [1.82, 2.24) is 4.98 Å². The van der Waals surface area contributed by atoms with Gasteiger partial charge in [0.25, 0.3) is 5.22 Å². The second kappa shape index (κ2) is 5.55. The van der Waals surface area contributed by atoms with E-state index in [-0.39, 0.29) is 5.25 Å². The van der Waals surface area contributed by atoms with E-state index in [1.807, 2.05) is 37.3 Å². The van der Waals surface area contributed by atoms with Crippen molar-refractivity contribution in [2.24, 2.45) is 0 Å². The molecule has 1 aromatic carbocycles. The first-order chi connectivity index (χ1) is 8.29. The van der Waals surface area contributed by atoms with Crippen molar-refractivity contribution in [3.63, 3.8) is 0 Å². The van der Waals surface area contributed by atoms with Crippen LogP contribution in [0.25, 0.3) is 0 Å². The normalized spacial score (nSPS) is 12.0. The predicted molar refractivity (Wildman–Crippen MR) is 66.5 cm³/mol. The van der Waals surface area contributed by atoms with Crippen LogP contribution in [0, 0.1) is 18.3 Å². The zero-order chi connectivity index (χ0) is 12.1. The molecule has 0 N–H and O–H groups in total. The molecule has 17 heavy (non-hydrogen) atoms. The average Bonchev–Trinajstić information content (AvgIpc) is 2.75. The summed E-state index contributed by atoms with van der Waals surface area (Å²) in [6, 6.07) is 12.2. The first kappa shape index (κ1) is 11.7. The molecule has 0 spiro atoms. The average molecular weight is 244 g/mol. The van der Waals surface area contributed by atoms with Crippen LogP contribution in [0.1, 0.15) is 22.9 Å². The van der Waals surface area contributed by atoms with Gasteiger partial charge in [0.05, 0.1) is 23.4 Å². The Morgan fingerprint density at radius 1 is 1.41 bits per heavy atom. The van der Waals surface area contributed by atoms with Crippen molar-refractivity contribution in [3.8, 4) is 6.07 Å². The van der Waals surface area contributed by atoms with Crippen LogP contribution in [0.2, 0.25) is 0 Å². The molecule has 0 saturated heterocycles. The van der Waals surface area contributed by atoms with Gasteiger partial charge < -0.3 is 4.42 Å². The Bertz CT molecular complexity index is 516. The van der Waals surface area contributed by atoms with Crippen LogP contribution in [-0.2, 0) is 0 Å². The van der Waals surface area contributed by atoms with Crippen molar-refractivity contribution < 1.29 is 4.42 Å². The summed E-state index contributed by atoms with van der Waals surface area (Å²) in [5.41, 5.74) is 1.98. The third kappa shape index (κ3) is 3.11. The Balaban J connectivity index is 2.16. The van der Waals surface area contributed by atoms with Gasteiger partial charge in [0.1, 0.15) is 6.26 Å². The van der Waals surface area contributed by atoms with Crippen LogP contribution in [0.4, 0.5) is 0 Å². The minimum Gasteiger partial charge on any atom is -0.440 e. The highest BCUT2D eigenvalue weighted by atomic mass is 32.2. The second-order valence-electron chi connectivity index (χ2n) is 3.63. The number of nitrogens with zero attached hydrogens (tertiary/aromatic N) is 2. The van der Waals surface area contributed by atoms with E-state index in [9.17, 15) is 0 Å². The molecule has 2 aromatic rings. The molecule has 4 heteroatoms. The number of hydrogen-bond donors (Lipinski definition) is 0. The lowest BCUT2D eigenvalue weighted by molar-refractivity contribution is 0.453. The predicted octanol–water partition coefficient (Wildman–Crippen LogP) is 3.73. The zero-order valence-electron chi connectivity index (χ0n) is 9.46. The summed E-state index contributed by atoms with van der Waals surface area (Å²) >= 11 is 1.49. The number of benzene rings is 1. The fraction of sp³-hybridized carbons (Fsp3) is 0.231. The van der Waals surface area contributed by atoms with E-state index in [1.54, 1.807) is 6.26 Å². The highest BCUT2D eigenvalue weighted by Gasteiger charge is 2.15.